The highest BCUT2D eigenvalue weighted by atomic mass is 32.2. The first-order valence-corrected chi connectivity index (χ1v) is 13.6. The van der Waals surface area contributed by atoms with E-state index in [9.17, 15) is 31.2 Å². The molecule has 222 valence electrons. The molecule has 4 rings (SSSR count). The van der Waals surface area contributed by atoms with Crippen LogP contribution in [0.2, 0.25) is 0 Å². The number of pyridine rings is 1. The summed E-state index contributed by atoms with van der Waals surface area (Å²) in [5.41, 5.74) is -10.7. The van der Waals surface area contributed by atoms with Gasteiger partial charge in [0, 0.05) is 30.6 Å². The van der Waals surface area contributed by atoms with E-state index < -0.39 is 86.1 Å². The lowest BCUT2D eigenvalue weighted by Gasteiger charge is -2.27. The minimum atomic E-state index is -6.33. The summed E-state index contributed by atoms with van der Waals surface area (Å²) in [5, 5.41) is 1.34. The number of fused-ring (bicyclic) bond motifs is 1. The summed E-state index contributed by atoms with van der Waals surface area (Å²) in [7, 11) is -6.33. The summed E-state index contributed by atoms with van der Waals surface area (Å²) in [4.78, 5) is 26.0. The summed E-state index contributed by atoms with van der Waals surface area (Å²) >= 11 is 0. The second-order valence-electron chi connectivity index (χ2n) is 10.9. The number of hydrogen-bond acceptors (Lipinski definition) is 7. The van der Waals surface area contributed by atoms with Crippen molar-refractivity contribution < 1.29 is 48.5 Å². The van der Waals surface area contributed by atoms with Gasteiger partial charge in [-0.3, -0.25) is 4.79 Å². The molecule has 1 amide bonds. The number of benzene rings is 1. The van der Waals surface area contributed by atoms with Crippen molar-refractivity contribution in [1.82, 2.24) is 9.88 Å². The van der Waals surface area contributed by atoms with Crippen molar-refractivity contribution in [2.75, 3.05) is 24.5 Å². The SMILES string of the molecule is Cc1c(N2CCC(F)(CNC(=O)OC(C)(C)C)C2)c(F)c(F)c2c(OS(=O)(=O)C(F)(F)F)cc(=O)n(C3CC3)c12. The van der Waals surface area contributed by atoms with Crippen molar-refractivity contribution in [1.29, 1.82) is 0 Å². The number of aryl methyl sites for hydroxylation is 1. The second kappa shape index (κ2) is 9.73. The number of carbonyl (C=O) groups excluding carboxylic acids is 1. The van der Waals surface area contributed by atoms with E-state index in [-0.39, 0.29) is 24.0 Å². The number of carbonyl (C=O) groups is 1. The minimum absolute atomic E-state index is 0.128. The molecule has 1 saturated heterocycles. The fraction of sp³-hybridized carbons (Fsp3) is 0.583. The number of anilines is 1. The molecule has 1 aliphatic heterocycles. The van der Waals surface area contributed by atoms with Crippen LogP contribution in [0.5, 0.6) is 5.75 Å². The molecule has 40 heavy (non-hydrogen) atoms. The number of nitrogens with zero attached hydrogens (tertiary/aromatic N) is 2. The molecular formula is C24H27F6N3O6S. The molecular weight excluding hydrogens is 572 g/mol. The van der Waals surface area contributed by atoms with Crippen LogP contribution in [0.1, 0.15) is 51.6 Å². The number of alkyl halides is 4. The van der Waals surface area contributed by atoms with Crippen LogP contribution in [0, 0.1) is 18.6 Å². The Kier molecular flexibility index (Phi) is 7.25. The number of nitrogens with one attached hydrogen (secondary N) is 1. The summed E-state index contributed by atoms with van der Waals surface area (Å²) in [5.74, 6) is -4.67. The first kappa shape index (κ1) is 29.8. The number of amides is 1. The van der Waals surface area contributed by atoms with E-state index in [2.05, 4.69) is 9.50 Å². The van der Waals surface area contributed by atoms with Crippen LogP contribution in [0.3, 0.4) is 0 Å². The zero-order valence-electron chi connectivity index (χ0n) is 21.9. The van der Waals surface area contributed by atoms with Gasteiger partial charge in [-0.25, -0.2) is 18.0 Å². The fourth-order valence-electron chi connectivity index (χ4n) is 4.69. The van der Waals surface area contributed by atoms with E-state index in [4.69, 9.17) is 4.74 Å². The molecule has 1 aromatic carbocycles. The van der Waals surface area contributed by atoms with Gasteiger partial charge in [0.15, 0.2) is 17.4 Å². The monoisotopic (exact) mass is 599 g/mol. The standard InChI is InChI=1S/C24H27F6N3O6S/c1-12-19-16(14(39-40(36,37)24(28,29)30)9-15(34)33(19)13-5-6-13)17(25)18(26)20(12)32-8-7-23(27,11-32)10-31-21(35)38-22(2,3)4/h9,13H,5-8,10-11H2,1-4H3,(H,31,35). The molecule has 1 unspecified atom stereocenters. The zero-order valence-corrected chi connectivity index (χ0v) is 22.7. The molecule has 0 radical (unpaired) electrons. The van der Waals surface area contributed by atoms with E-state index in [1.165, 1.54) is 6.92 Å². The molecule has 9 nitrogen and oxygen atoms in total. The Bertz CT molecular complexity index is 1530. The molecule has 2 aliphatic rings. The number of ether oxygens (including phenoxy) is 1. The van der Waals surface area contributed by atoms with Gasteiger partial charge in [0.1, 0.15) is 11.3 Å². The third-order valence-corrected chi connectivity index (χ3v) is 7.48. The first-order chi connectivity index (χ1) is 18.2. The number of alkyl carbamates (subject to hydrolysis) is 1. The largest absolute Gasteiger partial charge is 0.534 e. The number of rotatable bonds is 6. The van der Waals surface area contributed by atoms with Crippen LogP contribution in [0.4, 0.5) is 36.8 Å². The predicted octanol–water partition coefficient (Wildman–Crippen LogP) is 4.59. The van der Waals surface area contributed by atoms with Crippen molar-refractivity contribution in [3.8, 4) is 5.75 Å². The molecule has 1 aliphatic carbocycles. The number of hydrogen-bond donors (Lipinski definition) is 1. The van der Waals surface area contributed by atoms with Gasteiger partial charge in [0.2, 0.25) is 0 Å². The molecule has 0 bridgehead atoms. The quantitative estimate of drug-likeness (QED) is 0.294. The van der Waals surface area contributed by atoms with Crippen LogP contribution in [0.25, 0.3) is 10.9 Å². The van der Waals surface area contributed by atoms with Gasteiger partial charge in [-0.1, -0.05) is 0 Å². The van der Waals surface area contributed by atoms with Crippen molar-refractivity contribution in [2.45, 2.75) is 69.8 Å². The summed E-state index contributed by atoms with van der Waals surface area (Å²) in [6, 6.07) is -0.118. The minimum Gasteiger partial charge on any atom is -0.444 e. The smallest absolute Gasteiger partial charge is 0.444 e. The molecule has 0 spiro atoms. The Morgan fingerprint density at radius 3 is 2.35 bits per heavy atom. The van der Waals surface area contributed by atoms with Crippen LogP contribution in [-0.2, 0) is 14.9 Å². The fourth-order valence-corrected chi connectivity index (χ4v) is 5.15. The molecule has 2 fully saturated rings. The Labute approximate surface area is 225 Å². The van der Waals surface area contributed by atoms with E-state index in [1.54, 1.807) is 20.8 Å². The number of halogens is 6. The van der Waals surface area contributed by atoms with Gasteiger partial charge < -0.3 is 23.7 Å². The van der Waals surface area contributed by atoms with Gasteiger partial charge in [-0.05, 0) is 40.5 Å². The highest BCUT2D eigenvalue weighted by molar-refractivity contribution is 7.88. The Hall–Kier alpha value is -3.17. The maximum Gasteiger partial charge on any atom is 0.534 e. The van der Waals surface area contributed by atoms with E-state index in [0.29, 0.717) is 18.9 Å². The lowest BCUT2D eigenvalue weighted by molar-refractivity contribution is -0.0499. The van der Waals surface area contributed by atoms with Crippen LogP contribution >= 0.6 is 0 Å². The van der Waals surface area contributed by atoms with E-state index in [0.717, 1.165) is 9.47 Å². The van der Waals surface area contributed by atoms with Gasteiger partial charge in [-0.15, -0.1) is 0 Å². The summed E-state index contributed by atoms with van der Waals surface area (Å²) in [6.07, 6.45) is -0.171. The van der Waals surface area contributed by atoms with Gasteiger partial charge >= 0.3 is 21.7 Å². The molecule has 2 aromatic rings. The van der Waals surface area contributed by atoms with Crippen molar-refractivity contribution in [2.24, 2.45) is 0 Å². The molecule has 16 heteroatoms. The maximum atomic E-state index is 15.6. The maximum absolute atomic E-state index is 15.6. The summed E-state index contributed by atoms with van der Waals surface area (Å²) < 4.78 is 119. The Morgan fingerprint density at radius 1 is 1.18 bits per heavy atom. The third-order valence-electron chi connectivity index (χ3n) is 6.51. The van der Waals surface area contributed by atoms with Gasteiger partial charge in [-0.2, -0.15) is 21.6 Å². The third kappa shape index (κ3) is 5.67. The topological polar surface area (TPSA) is 107 Å². The second-order valence-corrected chi connectivity index (χ2v) is 12.5. The van der Waals surface area contributed by atoms with Crippen LogP contribution in [-0.4, -0.2) is 55.5 Å². The van der Waals surface area contributed by atoms with Crippen molar-refractivity contribution >= 4 is 32.8 Å². The lowest BCUT2D eigenvalue weighted by Crippen LogP contribution is -2.43. The van der Waals surface area contributed by atoms with Gasteiger partial charge in [0.05, 0.1) is 29.7 Å². The molecule has 2 heterocycles. The average Bonchev–Trinajstić information content (AvgIpc) is 3.55. The van der Waals surface area contributed by atoms with Crippen molar-refractivity contribution in [3.63, 3.8) is 0 Å². The highest BCUT2D eigenvalue weighted by Crippen LogP contribution is 2.44. The average molecular weight is 600 g/mol. The predicted molar refractivity (Wildman–Crippen MR) is 132 cm³/mol. The van der Waals surface area contributed by atoms with Crippen LogP contribution in [0.15, 0.2) is 10.9 Å². The van der Waals surface area contributed by atoms with E-state index in [1.807, 2.05) is 0 Å². The molecule has 1 N–H and O–H groups in total. The van der Waals surface area contributed by atoms with Crippen LogP contribution < -0.4 is 20.0 Å². The number of aromatic nitrogens is 1. The Balaban J connectivity index is 1.78. The molecule has 1 atom stereocenters. The first-order valence-electron chi connectivity index (χ1n) is 12.2. The normalized spacial score (nSPS) is 20.2. The van der Waals surface area contributed by atoms with Crippen molar-refractivity contribution in [3.05, 3.63) is 33.6 Å². The summed E-state index contributed by atoms with van der Waals surface area (Å²) in [6.45, 7) is 4.97. The lowest BCUT2D eigenvalue weighted by atomic mass is 10.0. The molecule has 1 aromatic heterocycles. The highest BCUT2D eigenvalue weighted by Gasteiger charge is 2.49. The zero-order chi connectivity index (χ0) is 30.0. The molecule has 1 saturated carbocycles. The van der Waals surface area contributed by atoms with E-state index >= 15 is 13.2 Å². The Morgan fingerprint density at radius 2 is 1.80 bits per heavy atom. The van der Waals surface area contributed by atoms with Gasteiger partial charge in [0.25, 0.3) is 5.56 Å².